The van der Waals surface area contributed by atoms with E-state index in [1.165, 1.54) is 6.42 Å². The number of amides is 1. The Kier molecular flexibility index (Phi) is 4.88. The van der Waals surface area contributed by atoms with Crippen molar-refractivity contribution < 1.29 is 14.1 Å². The van der Waals surface area contributed by atoms with E-state index in [4.69, 9.17) is 9.26 Å². The Morgan fingerprint density at radius 2 is 2.25 bits per heavy atom. The number of likely N-dealkylation sites (tertiary alicyclic amines) is 1. The summed E-state index contributed by atoms with van der Waals surface area (Å²) in [6.07, 6.45) is 2.28. The molecular weight excluding hydrogens is 304 g/mol. The molecule has 1 aliphatic heterocycles. The molecule has 0 radical (unpaired) electrons. The zero-order chi connectivity index (χ0) is 17.1. The summed E-state index contributed by atoms with van der Waals surface area (Å²) in [4.78, 5) is 14.6. The Morgan fingerprint density at radius 3 is 2.96 bits per heavy atom. The van der Waals surface area contributed by atoms with Gasteiger partial charge in [0.2, 0.25) is 0 Å². The van der Waals surface area contributed by atoms with Crippen LogP contribution in [0, 0.1) is 19.8 Å². The molecule has 1 aromatic carbocycles. The van der Waals surface area contributed by atoms with E-state index in [1.807, 2.05) is 43.0 Å². The van der Waals surface area contributed by atoms with Gasteiger partial charge in [-0.1, -0.05) is 18.1 Å². The molecule has 128 valence electrons. The lowest BCUT2D eigenvalue weighted by Gasteiger charge is -2.31. The fourth-order valence-electron chi connectivity index (χ4n) is 3.14. The zero-order valence-corrected chi connectivity index (χ0v) is 14.5. The average Bonchev–Trinajstić information content (AvgIpc) is 2.91. The molecule has 1 unspecified atom stereocenters. The standard InChI is InChI=1S/C19H24N2O3/c1-13-6-5-9-21(11-13)19(22)16-7-4-8-17(10-16)23-12-18-14(2)20-24-15(18)3/h4,7-8,10,13H,5-6,9,11-12H2,1-3H3. The molecule has 1 aromatic heterocycles. The largest absolute Gasteiger partial charge is 0.489 e. The van der Waals surface area contributed by atoms with E-state index >= 15 is 0 Å². The van der Waals surface area contributed by atoms with Crippen molar-refractivity contribution >= 4 is 5.91 Å². The van der Waals surface area contributed by atoms with Gasteiger partial charge in [-0.05, 0) is 50.8 Å². The summed E-state index contributed by atoms with van der Waals surface area (Å²) in [5, 5.41) is 3.93. The van der Waals surface area contributed by atoms with Crippen molar-refractivity contribution in [2.45, 2.75) is 40.2 Å². The number of nitrogens with zero attached hydrogens (tertiary/aromatic N) is 2. The number of hydrogen-bond donors (Lipinski definition) is 0. The van der Waals surface area contributed by atoms with Gasteiger partial charge in [0.15, 0.2) is 0 Å². The second-order valence-electron chi connectivity index (χ2n) is 6.62. The molecule has 1 aliphatic rings. The molecule has 2 aromatic rings. The first-order chi connectivity index (χ1) is 11.5. The van der Waals surface area contributed by atoms with Crippen molar-refractivity contribution in [1.29, 1.82) is 0 Å². The average molecular weight is 328 g/mol. The monoisotopic (exact) mass is 328 g/mol. The van der Waals surface area contributed by atoms with Crippen molar-refractivity contribution in [3.63, 3.8) is 0 Å². The molecule has 1 amide bonds. The van der Waals surface area contributed by atoms with Gasteiger partial charge >= 0.3 is 0 Å². The lowest BCUT2D eigenvalue weighted by atomic mass is 9.99. The number of benzene rings is 1. The highest BCUT2D eigenvalue weighted by Crippen LogP contribution is 2.21. The van der Waals surface area contributed by atoms with Gasteiger partial charge in [0.1, 0.15) is 18.1 Å². The van der Waals surface area contributed by atoms with E-state index < -0.39 is 0 Å². The smallest absolute Gasteiger partial charge is 0.253 e. The minimum Gasteiger partial charge on any atom is -0.489 e. The molecule has 1 atom stereocenters. The van der Waals surface area contributed by atoms with Crippen LogP contribution in [0.25, 0.3) is 0 Å². The fourth-order valence-corrected chi connectivity index (χ4v) is 3.14. The van der Waals surface area contributed by atoms with Crippen LogP contribution in [0.5, 0.6) is 5.75 Å². The second kappa shape index (κ2) is 7.07. The maximum absolute atomic E-state index is 12.7. The molecule has 0 N–H and O–H groups in total. The number of aryl methyl sites for hydroxylation is 2. The van der Waals surface area contributed by atoms with Gasteiger partial charge in [-0.3, -0.25) is 4.79 Å². The Balaban J connectivity index is 1.68. The third-order valence-corrected chi connectivity index (χ3v) is 4.59. The van der Waals surface area contributed by atoms with Crippen LogP contribution in [0.15, 0.2) is 28.8 Å². The molecular formula is C19H24N2O3. The summed E-state index contributed by atoms with van der Waals surface area (Å²) < 4.78 is 11.0. The molecule has 0 aliphatic carbocycles. The Morgan fingerprint density at radius 1 is 1.42 bits per heavy atom. The second-order valence-corrected chi connectivity index (χ2v) is 6.62. The summed E-state index contributed by atoms with van der Waals surface area (Å²) in [6, 6.07) is 7.40. The van der Waals surface area contributed by atoms with Gasteiger partial charge in [0.25, 0.3) is 5.91 Å². The minimum atomic E-state index is 0.0874. The summed E-state index contributed by atoms with van der Waals surface area (Å²) in [5.74, 6) is 2.11. The first-order valence-electron chi connectivity index (χ1n) is 8.48. The van der Waals surface area contributed by atoms with E-state index in [-0.39, 0.29) is 5.91 Å². The highest BCUT2D eigenvalue weighted by atomic mass is 16.5. The quantitative estimate of drug-likeness (QED) is 0.858. The van der Waals surface area contributed by atoms with Crippen LogP contribution in [0.1, 0.15) is 47.1 Å². The van der Waals surface area contributed by atoms with Crippen LogP contribution in [0.2, 0.25) is 0 Å². The highest BCUT2D eigenvalue weighted by molar-refractivity contribution is 5.94. The number of carbonyl (C=O) groups excluding carboxylic acids is 1. The normalized spacial score (nSPS) is 17.8. The first-order valence-corrected chi connectivity index (χ1v) is 8.48. The van der Waals surface area contributed by atoms with Crippen molar-refractivity contribution in [2.24, 2.45) is 5.92 Å². The summed E-state index contributed by atoms with van der Waals surface area (Å²) in [5.41, 5.74) is 2.47. The molecule has 0 saturated carbocycles. The van der Waals surface area contributed by atoms with E-state index in [9.17, 15) is 4.79 Å². The predicted molar refractivity (Wildman–Crippen MR) is 91.1 cm³/mol. The predicted octanol–water partition coefficient (Wildman–Crippen LogP) is 3.74. The van der Waals surface area contributed by atoms with Gasteiger partial charge in [0, 0.05) is 18.7 Å². The van der Waals surface area contributed by atoms with E-state index in [0.717, 1.165) is 36.5 Å². The van der Waals surface area contributed by atoms with Crippen LogP contribution < -0.4 is 4.74 Å². The van der Waals surface area contributed by atoms with Crippen molar-refractivity contribution in [3.8, 4) is 5.75 Å². The topological polar surface area (TPSA) is 55.6 Å². The van der Waals surface area contributed by atoms with E-state index in [0.29, 0.717) is 23.8 Å². The number of ether oxygens (including phenoxy) is 1. The molecule has 1 fully saturated rings. The lowest BCUT2D eigenvalue weighted by molar-refractivity contribution is 0.0682. The molecule has 24 heavy (non-hydrogen) atoms. The Bertz CT molecular complexity index is 704. The van der Waals surface area contributed by atoms with Crippen LogP contribution >= 0.6 is 0 Å². The number of piperidine rings is 1. The number of aromatic nitrogens is 1. The summed E-state index contributed by atoms with van der Waals surface area (Å²) >= 11 is 0. The summed E-state index contributed by atoms with van der Waals surface area (Å²) in [7, 11) is 0. The zero-order valence-electron chi connectivity index (χ0n) is 14.5. The van der Waals surface area contributed by atoms with Crippen molar-refractivity contribution in [2.75, 3.05) is 13.1 Å². The van der Waals surface area contributed by atoms with Crippen molar-refractivity contribution in [3.05, 3.63) is 46.8 Å². The van der Waals surface area contributed by atoms with Gasteiger partial charge in [0.05, 0.1) is 11.3 Å². The third kappa shape index (κ3) is 3.61. The maximum Gasteiger partial charge on any atom is 0.253 e. The number of hydrogen-bond acceptors (Lipinski definition) is 4. The molecule has 2 heterocycles. The minimum absolute atomic E-state index is 0.0874. The maximum atomic E-state index is 12.7. The third-order valence-electron chi connectivity index (χ3n) is 4.59. The number of rotatable bonds is 4. The van der Waals surface area contributed by atoms with Crippen LogP contribution in [0.3, 0.4) is 0 Å². The highest BCUT2D eigenvalue weighted by Gasteiger charge is 2.22. The molecule has 5 heteroatoms. The van der Waals surface area contributed by atoms with Gasteiger partial charge in [-0.25, -0.2) is 0 Å². The van der Waals surface area contributed by atoms with Crippen LogP contribution in [-0.2, 0) is 6.61 Å². The SMILES string of the molecule is Cc1noc(C)c1COc1cccc(C(=O)N2CCCC(C)C2)c1. The van der Waals surface area contributed by atoms with Crippen LogP contribution in [-0.4, -0.2) is 29.1 Å². The Hall–Kier alpha value is -2.30. The first kappa shape index (κ1) is 16.6. The molecule has 0 spiro atoms. The molecule has 5 nitrogen and oxygen atoms in total. The van der Waals surface area contributed by atoms with Crippen molar-refractivity contribution in [1.82, 2.24) is 10.1 Å². The lowest BCUT2D eigenvalue weighted by Crippen LogP contribution is -2.39. The summed E-state index contributed by atoms with van der Waals surface area (Å²) in [6.45, 7) is 8.03. The molecule has 1 saturated heterocycles. The van der Waals surface area contributed by atoms with Gasteiger partial charge in [-0.15, -0.1) is 0 Å². The molecule has 3 rings (SSSR count). The van der Waals surface area contributed by atoms with E-state index in [1.54, 1.807) is 0 Å². The van der Waals surface area contributed by atoms with Gasteiger partial charge < -0.3 is 14.2 Å². The van der Waals surface area contributed by atoms with Crippen LogP contribution in [0.4, 0.5) is 0 Å². The fraction of sp³-hybridized carbons (Fsp3) is 0.474. The number of carbonyl (C=O) groups is 1. The van der Waals surface area contributed by atoms with Gasteiger partial charge in [-0.2, -0.15) is 0 Å². The van der Waals surface area contributed by atoms with E-state index in [2.05, 4.69) is 12.1 Å². The molecule has 0 bridgehead atoms. The Labute approximate surface area is 142 Å².